The molecule has 9 nitrogen and oxygen atoms in total. The molecule has 0 radical (unpaired) electrons. The fourth-order valence-corrected chi connectivity index (χ4v) is 3.53. The third-order valence-electron chi connectivity index (χ3n) is 5.25. The topological polar surface area (TPSA) is 118 Å². The van der Waals surface area contributed by atoms with Crippen molar-refractivity contribution in [3.05, 3.63) is 69.8 Å². The minimum absolute atomic E-state index is 0.0254. The van der Waals surface area contributed by atoms with E-state index in [1.165, 1.54) is 18.5 Å². The number of carbonyl (C=O) groups excluding carboxylic acids is 1. The molecule has 4 rings (SSSR count). The highest BCUT2D eigenvalue weighted by Gasteiger charge is 2.17. The fourth-order valence-electron chi connectivity index (χ4n) is 3.53. The maximum atomic E-state index is 13.1. The lowest BCUT2D eigenvalue weighted by Crippen LogP contribution is -2.23. The van der Waals surface area contributed by atoms with Crippen LogP contribution in [0.4, 0.5) is 10.2 Å². The molecule has 0 aliphatic rings. The number of halogens is 1. The average Bonchev–Trinajstić information content (AvgIpc) is 3.27. The molecule has 0 bridgehead atoms. The van der Waals surface area contributed by atoms with Gasteiger partial charge in [0.05, 0.1) is 23.9 Å². The molecular weight excluding hydrogens is 425 g/mol. The monoisotopic (exact) mass is 449 g/mol. The van der Waals surface area contributed by atoms with Gasteiger partial charge in [-0.15, -0.1) is 0 Å². The highest BCUT2D eigenvalue weighted by Crippen LogP contribution is 2.19. The van der Waals surface area contributed by atoms with Gasteiger partial charge in [0, 0.05) is 0 Å². The second kappa shape index (κ2) is 9.68. The number of nitrogens with one attached hydrogen (secondary N) is 2. The second-order valence-corrected chi connectivity index (χ2v) is 7.65. The molecular formula is C23H24FN7O2. The molecule has 3 heterocycles. The number of rotatable bonds is 8. The summed E-state index contributed by atoms with van der Waals surface area (Å²) >= 11 is 0. The molecule has 170 valence electrons. The summed E-state index contributed by atoms with van der Waals surface area (Å²) in [4.78, 5) is 41.6. The summed E-state index contributed by atoms with van der Waals surface area (Å²) in [5.41, 5.74) is 2.50. The van der Waals surface area contributed by atoms with Crippen LogP contribution in [0.3, 0.4) is 0 Å². The summed E-state index contributed by atoms with van der Waals surface area (Å²) in [7, 11) is 0. The van der Waals surface area contributed by atoms with Gasteiger partial charge in [-0.25, -0.2) is 23.9 Å². The molecule has 33 heavy (non-hydrogen) atoms. The van der Waals surface area contributed by atoms with Gasteiger partial charge >= 0.3 is 0 Å². The number of nitrogens with zero attached hydrogens (tertiary/aromatic N) is 5. The van der Waals surface area contributed by atoms with Crippen molar-refractivity contribution < 1.29 is 9.18 Å². The molecule has 3 aromatic heterocycles. The normalized spacial score (nSPS) is 11.1. The predicted octanol–water partition coefficient (Wildman–Crippen LogP) is 3.10. The van der Waals surface area contributed by atoms with Crippen molar-refractivity contribution in [3.8, 4) is 11.5 Å². The maximum Gasteiger partial charge on any atom is 0.256 e. The SMILES string of the molecule is CCCCc1nc(-c2nc(NC(=O)Cc3ccc(F)cc3)c(CC)c(=O)[nH]2)cn2ncnc12. The molecule has 0 unspecified atom stereocenters. The lowest BCUT2D eigenvalue weighted by Gasteiger charge is -2.11. The van der Waals surface area contributed by atoms with Crippen molar-refractivity contribution in [2.24, 2.45) is 0 Å². The zero-order chi connectivity index (χ0) is 23.4. The van der Waals surface area contributed by atoms with Gasteiger partial charge in [0.1, 0.15) is 23.7 Å². The van der Waals surface area contributed by atoms with Crippen LogP contribution < -0.4 is 10.9 Å². The average molecular weight is 449 g/mol. The van der Waals surface area contributed by atoms with Crippen LogP contribution in [0.1, 0.15) is 43.5 Å². The number of hydrogen-bond donors (Lipinski definition) is 2. The number of aryl methyl sites for hydroxylation is 1. The van der Waals surface area contributed by atoms with Crippen molar-refractivity contribution in [2.75, 3.05) is 5.32 Å². The lowest BCUT2D eigenvalue weighted by atomic mass is 10.1. The molecule has 10 heteroatoms. The standard InChI is InChI=1S/C23H24FN7O2/c1-3-5-6-17-22-25-13-26-31(22)12-18(27-17)21-29-20(16(4-2)23(33)30-21)28-19(32)11-14-7-9-15(24)10-8-14/h7-10,12-13H,3-6,11H2,1-2H3,(H2,28,29,30,32,33). The molecule has 0 fully saturated rings. The number of amides is 1. The Morgan fingerprint density at radius 1 is 1.18 bits per heavy atom. The molecule has 0 atom stereocenters. The molecule has 4 aromatic rings. The quantitative estimate of drug-likeness (QED) is 0.427. The van der Waals surface area contributed by atoms with Gasteiger partial charge in [-0.05, 0) is 37.0 Å². The van der Waals surface area contributed by atoms with E-state index in [1.807, 2.05) is 6.92 Å². The van der Waals surface area contributed by atoms with E-state index < -0.39 is 0 Å². The Morgan fingerprint density at radius 3 is 2.70 bits per heavy atom. The van der Waals surface area contributed by atoms with Crippen molar-refractivity contribution in [1.29, 1.82) is 0 Å². The minimum atomic E-state index is -0.372. The Morgan fingerprint density at radius 2 is 1.97 bits per heavy atom. The van der Waals surface area contributed by atoms with Gasteiger partial charge in [-0.1, -0.05) is 32.4 Å². The van der Waals surface area contributed by atoms with Crippen LogP contribution in [0, 0.1) is 5.82 Å². The summed E-state index contributed by atoms with van der Waals surface area (Å²) in [6, 6.07) is 5.68. The maximum absolute atomic E-state index is 13.1. The molecule has 2 N–H and O–H groups in total. The van der Waals surface area contributed by atoms with Crippen LogP contribution in [0.5, 0.6) is 0 Å². The third-order valence-corrected chi connectivity index (χ3v) is 5.25. The van der Waals surface area contributed by atoms with Gasteiger partial charge in [-0.2, -0.15) is 5.10 Å². The number of aromatic amines is 1. The Balaban J connectivity index is 1.68. The number of benzene rings is 1. The Hall–Kier alpha value is -3.95. The van der Waals surface area contributed by atoms with E-state index in [1.54, 1.807) is 22.8 Å². The van der Waals surface area contributed by atoms with Crippen LogP contribution in [0.25, 0.3) is 17.2 Å². The van der Waals surface area contributed by atoms with Gasteiger partial charge in [0.2, 0.25) is 5.91 Å². The lowest BCUT2D eigenvalue weighted by molar-refractivity contribution is -0.115. The smallest absolute Gasteiger partial charge is 0.256 e. The predicted molar refractivity (Wildman–Crippen MR) is 121 cm³/mol. The number of aromatic nitrogens is 6. The first-order chi connectivity index (χ1) is 16.0. The molecule has 0 aliphatic carbocycles. The number of hydrogen-bond acceptors (Lipinski definition) is 6. The van der Waals surface area contributed by atoms with Crippen LogP contribution in [-0.2, 0) is 24.1 Å². The first-order valence-corrected chi connectivity index (χ1v) is 10.9. The molecule has 0 saturated heterocycles. The zero-order valence-corrected chi connectivity index (χ0v) is 18.4. The van der Waals surface area contributed by atoms with E-state index in [-0.39, 0.29) is 35.3 Å². The highest BCUT2D eigenvalue weighted by atomic mass is 19.1. The van der Waals surface area contributed by atoms with Gasteiger partial charge in [0.15, 0.2) is 11.5 Å². The van der Waals surface area contributed by atoms with E-state index >= 15 is 0 Å². The van der Waals surface area contributed by atoms with Crippen LogP contribution >= 0.6 is 0 Å². The van der Waals surface area contributed by atoms with E-state index in [9.17, 15) is 14.0 Å². The Bertz CT molecular complexity index is 1350. The first-order valence-electron chi connectivity index (χ1n) is 10.9. The van der Waals surface area contributed by atoms with E-state index in [2.05, 4.69) is 37.3 Å². The van der Waals surface area contributed by atoms with Gasteiger partial charge in [0.25, 0.3) is 5.56 Å². The van der Waals surface area contributed by atoms with Crippen molar-refractivity contribution in [3.63, 3.8) is 0 Å². The van der Waals surface area contributed by atoms with Gasteiger partial charge in [-0.3, -0.25) is 9.59 Å². The van der Waals surface area contributed by atoms with Crippen LogP contribution in [0.2, 0.25) is 0 Å². The summed E-state index contributed by atoms with van der Waals surface area (Å²) in [6.07, 6.45) is 6.15. The Kier molecular flexibility index (Phi) is 6.53. The first kappa shape index (κ1) is 22.3. The van der Waals surface area contributed by atoms with Crippen molar-refractivity contribution in [2.45, 2.75) is 46.0 Å². The van der Waals surface area contributed by atoms with E-state index in [0.29, 0.717) is 35.3 Å². The summed E-state index contributed by atoms with van der Waals surface area (Å²) < 4.78 is 14.7. The number of unbranched alkanes of at least 4 members (excludes halogenated alkanes) is 1. The van der Waals surface area contributed by atoms with E-state index in [4.69, 9.17) is 0 Å². The largest absolute Gasteiger partial charge is 0.310 e. The third kappa shape index (κ3) is 4.94. The summed E-state index contributed by atoms with van der Waals surface area (Å²) in [5.74, 6) is -0.324. The molecule has 1 amide bonds. The Labute approximate surface area is 189 Å². The number of fused-ring (bicyclic) bond motifs is 1. The second-order valence-electron chi connectivity index (χ2n) is 7.65. The number of carbonyl (C=O) groups is 1. The molecule has 1 aromatic carbocycles. The minimum Gasteiger partial charge on any atom is -0.310 e. The fraction of sp³-hybridized carbons (Fsp3) is 0.304. The summed E-state index contributed by atoms with van der Waals surface area (Å²) in [6.45, 7) is 3.90. The zero-order valence-electron chi connectivity index (χ0n) is 18.4. The molecule has 0 spiro atoms. The van der Waals surface area contributed by atoms with Crippen LogP contribution in [0.15, 0.2) is 41.6 Å². The molecule has 0 aliphatic heterocycles. The van der Waals surface area contributed by atoms with Crippen LogP contribution in [-0.4, -0.2) is 35.5 Å². The van der Waals surface area contributed by atoms with E-state index in [0.717, 1.165) is 18.5 Å². The van der Waals surface area contributed by atoms with Crippen molar-refractivity contribution in [1.82, 2.24) is 29.5 Å². The number of H-pyrrole nitrogens is 1. The highest BCUT2D eigenvalue weighted by molar-refractivity contribution is 5.92. The number of anilines is 1. The molecule has 0 saturated carbocycles. The van der Waals surface area contributed by atoms with Crippen molar-refractivity contribution >= 4 is 17.4 Å². The summed E-state index contributed by atoms with van der Waals surface area (Å²) in [5, 5.41) is 6.93. The van der Waals surface area contributed by atoms with Gasteiger partial charge < -0.3 is 10.3 Å².